The Morgan fingerprint density at radius 1 is 1.73 bits per heavy atom. The molecule has 0 aromatic heterocycles. The van der Waals surface area contributed by atoms with E-state index in [0.717, 1.165) is 6.42 Å². The minimum Gasteiger partial charge on any atom is -0.211 e. The molecule has 2 heteroatoms. The van der Waals surface area contributed by atoms with Gasteiger partial charge in [0.1, 0.15) is 0 Å². The Morgan fingerprint density at radius 3 is 3.00 bits per heavy atom. The Hall–Kier alpha value is -1.14. The van der Waals surface area contributed by atoms with Gasteiger partial charge >= 0.3 is 0 Å². The molecule has 2 nitrogen and oxygen atoms in total. The van der Waals surface area contributed by atoms with Gasteiger partial charge in [0.05, 0.1) is 5.54 Å². The van der Waals surface area contributed by atoms with Gasteiger partial charge in [-0.15, -0.1) is 0 Å². The molecule has 1 aliphatic rings. The molecule has 0 saturated carbocycles. The zero-order valence-corrected chi connectivity index (χ0v) is 6.79. The van der Waals surface area contributed by atoms with Gasteiger partial charge in [-0.25, -0.2) is 4.79 Å². The molecule has 11 heavy (non-hydrogen) atoms. The van der Waals surface area contributed by atoms with Crippen molar-refractivity contribution in [3.63, 3.8) is 0 Å². The molecular weight excluding hydrogens is 138 g/mol. The Morgan fingerprint density at radius 2 is 2.45 bits per heavy atom. The first kappa shape index (κ1) is 7.96. The fraction of sp³-hybridized carbons (Fsp3) is 0.444. The molecule has 0 amide bonds. The smallest absolute Gasteiger partial charge is 0.211 e. The van der Waals surface area contributed by atoms with E-state index in [1.165, 1.54) is 5.57 Å². The van der Waals surface area contributed by atoms with Gasteiger partial charge in [-0.2, -0.15) is 4.99 Å². The van der Waals surface area contributed by atoms with Gasteiger partial charge in [0.15, 0.2) is 0 Å². The molecule has 0 heterocycles. The van der Waals surface area contributed by atoms with Crippen LogP contribution in [0.5, 0.6) is 0 Å². The molecule has 0 saturated heterocycles. The predicted octanol–water partition coefficient (Wildman–Crippen LogP) is 1.99. The van der Waals surface area contributed by atoms with Crippen molar-refractivity contribution >= 4 is 6.08 Å². The van der Waals surface area contributed by atoms with E-state index in [2.05, 4.69) is 4.99 Å². The summed E-state index contributed by atoms with van der Waals surface area (Å²) >= 11 is 0. The third kappa shape index (κ3) is 1.89. The van der Waals surface area contributed by atoms with Crippen molar-refractivity contribution in [3.8, 4) is 0 Å². The van der Waals surface area contributed by atoms with Crippen LogP contribution in [0.25, 0.3) is 0 Å². The highest BCUT2D eigenvalue weighted by atomic mass is 16.1. The molecule has 0 N–H and O–H groups in total. The lowest BCUT2D eigenvalue weighted by Crippen LogP contribution is -2.20. The predicted molar refractivity (Wildman–Crippen MR) is 44.0 cm³/mol. The SMILES string of the molecule is CC1=CC=CC(C)(N=C=O)C1. The Balaban J connectivity index is 2.86. The van der Waals surface area contributed by atoms with Crippen LogP contribution in [0.2, 0.25) is 0 Å². The molecule has 1 unspecified atom stereocenters. The minimum absolute atomic E-state index is 0.347. The zero-order chi connectivity index (χ0) is 8.32. The number of nitrogens with zero attached hydrogens (tertiary/aromatic N) is 1. The number of allylic oxidation sites excluding steroid dienone is 2. The molecule has 1 aliphatic carbocycles. The lowest BCUT2D eigenvalue weighted by molar-refractivity contribution is 0.533. The highest BCUT2D eigenvalue weighted by Crippen LogP contribution is 2.25. The highest BCUT2D eigenvalue weighted by Gasteiger charge is 2.21. The molecule has 0 fully saturated rings. The number of hydrogen-bond acceptors (Lipinski definition) is 2. The van der Waals surface area contributed by atoms with Gasteiger partial charge in [0, 0.05) is 0 Å². The fourth-order valence-corrected chi connectivity index (χ4v) is 1.28. The molecular formula is C9H11NO. The van der Waals surface area contributed by atoms with Crippen molar-refractivity contribution in [2.75, 3.05) is 0 Å². The standard InChI is InChI=1S/C9H11NO/c1-8-4-3-5-9(2,6-8)10-7-11/h3-5H,6H2,1-2H3. The third-order valence-corrected chi connectivity index (χ3v) is 1.77. The third-order valence-electron chi connectivity index (χ3n) is 1.77. The first-order chi connectivity index (χ1) is 5.16. The topological polar surface area (TPSA) is 29.4 Å². The summed E-state index contributed by atoms with van der Waals surface area (Å²) in [6, 6.07) is 0. The van der Waals surface area contributed by atoms with Gasteiger partial charge in [-0.3, -0.25) is 0 Å². The maximum atomic E-state index is 10.0. The van der Waals surface area contributed by atoms with E-state index < -0.39 is 0 Å². The van der Waals surface area contributed by atoms with Crippen LogP contribution in [0.3, 0.4) is 0 Å². The summed E-state index contributed by atoms with van der Waals surface area (Å²) in [4.78, 5) is 13.8. The van der Waals surface area contributed by atoms with Gasteiger partial charge in [-0.05, 0) is 20.3 Å². The maximum Gasteiger partial charge on any atom is 0.235 e. The van der Waals surface area contributed by atoms with E-state index in [4.69, 9.17) is 0 Å². The van der Waals surface area contributed by atoms with Crippen LogP contribution in [0.1, 0.15) is 20.3 Å². The lowest BCUT2D eigenvalue weighted by Gasteiger charge is -2.21. The summed E-state index contributed by atoms with van der Waals surface area (Å²) in [5.41, 5.74) is 0.898. The van der Waals surface area contributed by atoms with Crippen molar-refractivity contribution in [2.45, 2.75) is 25.8 Å². The molecule has 0 aliphatic heterocycles. The van der Waals surface area contributed by atoms with E-state index in [-0.39, 0.29) is 5.54 Å². The first-order valence-corrected chi connectivity index (χ1v) is 3.60. The summed E-state index contributed by atoms with van der Waals surface area (Å²) < 4.78 is 0. The van der Waals surface area contributed by atoms with Gasteiger partial charge in [0.2, 0.25) is 6.08 Å². The second-order valence-electron chi connectivity index (χ2n) is 3.11. The van der Waals surface area contributed by atoms with E-state index in [1.807, 2.05) is 32.1 Å². The van der Waals surface area contributed by atoms with Crippen LogP contribution in [-0.4, -0.2) is 11.6 Å². The quantitative estimate of drug-likeness (QED) is 0.414. The van der Waals surface area contributed by atoms with Crippen LogP contribution >= 0.6 is 0 Å². The van der Waals surface area contributed by atoms with E-state index in [9.17, 15) is 4.79 Å². The van der Waals surface area contributed by atoms with Crippen molar-refractivity contribution in [2.24, 2.45) is 4.99 Å². The Labute approximate surface area is 66.3 Å². The normalized spacial score (nSPS) is 29.1. The van der Waals surface area contributed by atoms with Crippen LogP contribution in [0.4, 0.5) is 0 Å². The summed E-state index contributed by atoms with van der Waals surface area (Å²) in [6.07, 6.45) is 8.29. The summed E-state index contributed by atoms with van der Waals surface area (Å²) in [7, 11) is 0. The van der Waals surface area contributed by atoms with Crippen molar-refractivity contribution < 1.29 is 4.79 Å². The van der Waals surface area contributed by atoms with E-state index in [0.29, 0.717) is 0 Å². The second-order valence-corrected chi connectivity index (χ2v) is 3.11. The molecule has 0 radical (unpaired) electrons. The van der Waals surface area contributed by atoms with Gasteiger partial charge in [0.25, 0.3) is 0 Å². The summed E-state index contributed by atoms with van der Waals surface area (Å²) in [6.45, 7) is 3.95. The van der Waals surface area contributed by atoms with Gasteiger partial charge in [-0.1, -0.05) is 23.8 Å². The first-order valence-electron chi connectivity index (χ1n) is 3.60. The minimum atomic E-state index is -0.347. The molecule has 0 spiro atoms. The van der Waals surface area contributed by atoms with Crippen LogP contribution in [0, 0.1) is 0 Å². The Kier molecular flexibility index (Phi) is 2.06. The number of aliphatic imine (C=N–C) groups is 1. The van der Waals surface area contributed by atoms with Crippen LogP contribution in [0.15, 0.2) is 28.8 Å². The average molecular weight is 149 g/mol. The average Bonchev–Trinajstić information content (AvgIpc) is 1.86. The molecule has 0 bridgehead atoms. The molecule has 1 rings (SSSR count). The maximum absolute atomic E-state index is 10.0. The largest absolute Gasteiger partial charge is 0.235 e. The molecule has 0 aromatic rings. The van der Waals surface area contributed by atoms with Crippen LogP contribution in [-0.2, 0) is 4.79 Å². The number of isocyanates is 1. The zero-order valence-electron chi connectivity index (χ0n) is 6.79. The van der Waals surface area contributed by atoms with Crippen LogP contribution < -0.4 is 0 Å². The number of hydrogen-bond donors (Lipinski definition) is 0. The number of carbonyl (C=O) groups excluding carboxylic acids is 1. The fourth-order valence-electron chi connectivity index (χ4n) is 1.28. The molecule has 58 valence electrons. The monoisotopic (exact) mass is 149 g/mol. The van der Waals surface area contributed by atoms with Crippen molar-refractivity contribution in [3.05, 3.63) is 23.8 Å². The highest BCUT2D eigenvalue weighted by molar-refractivity contribution is 5.38. The summed E-state index contributed by atoms with van der Waals surface area (Å²) in [5, 5.41) is 0. The van der Waals surface area contributed by atoms with Crippen molar-refractivity contribution in [1.29, 1.82) is 0 Å². The van der Waals surface area contributed by atoms with Gasteiger partial charge < -0.3 is 0 Å². The second kappa shape index (κ2) is 2.85. The molecule has 1 atom stereocenters. The van der Waals surface area contributed by atoms with E-state index >= 15 is 0 Å². The van der Waals surface area contributed by atoms with E-state index in [1.54, 1.807) is 6.08 Å². The summed E-state index contributed by atoms with van der Waals surface area (Å²) in [5.74, 6) is 0. The Bertz CT molecular complexity index is 259. The number of rotatable bonds is 1. The lowest BCUT2D eigenvalue weighted by atomic mass is 9.90. The molecule has 0 aromatic carbocycles. The van der Waals surface area contributed by atoms with Crippen molar-refractivity contribution in [1.82, 2.24) is 0 Å².